The minimum Gasteiger partial charge on any atom is -0.298 e. The van der Waals surface area contributed by atoms with E-state index in [0.29, 0.717) is 0 Å². The molecule has 258 valence electrons. The lowest BCUT2D eigenvalue weighted by Gasteiger charge is -2.26. The van der Waals surface area contributed by atoms with Gasteiger partial charge in [0.05, 0.1) is 0 Å². The van der Waals surface area contributed by atoms with Crippen molar-refractivity contribution in [3.8, 4) is 0 Å². The molecule has 3 saturated carbocycles. The van der Waals surface area contributed by atoms with Gasteiger partial charge in [-0.15, -0.1) is 0 Å². The summed E-state index contributed by atoms with van der Waals surface area (Å²) in [4.78, 5) is 13.5. The summed E-state index contributed by atoms with van der Waals surface area (Å²) in [7, 11) is 0. The summed E-state index contributed by atoms with van der Waals surface area (Å²) in [5.41, 5.74) is 9.44. The van der Waals surface area contributed by atoms with Gasteiger partial charge in [-0.2, -0.15) is 0 Å². The maximum Gasteiger partial charge on any atom is 0.150 e. The minimum absolute atomic E-state index is 1.16. The van der Waals surface area contributed by atoms with Crippen molar-refractivity contribution in [3.05, 3.63) is 33.4 Å². The van der Waals surface area contributed by atoms with Crippen molar-refractivity contribution in [2.45, 2.75) is 238 Å². The molecule has 3 aliphatic carbocycles. The van der Waals surface area contributed by atoms with Gasteiger partial charge < -0.3 is 0 Å². The van der Waals surface area contributed by atoms with Crippen LogP contribution in [-0.2, 0) is 4.79 Å². The molecule has 0 aromatic heterocycles. The number of rotatable bonds is 12. The summed E-state index contributed by atoms with van der Waals surface area (Å²) in [6.07, 6.45) is 49.7. The van der Waals surface area contributed by atoms with E-state index in [0.717, 1.165) is 12.8 Å². The Balaban J connectivity index is 2.05. The first-order chi connectivity index (χ1) is 22.3. The number of allylic oxidation sites excluding steroid dienone is 6. The highest BCUT2D eigenvalue weighted by atomic mass is 16.1. The molecule has 0 aliphatic heterocycles. The smallest absolute Gasteiger partial charge is 0.150 e. The molecule has 0 atom stereocenters. The molecule has 0 spiro atoms. The summed E-state index contributed by atoms with van der Waals surface area (Å²) in [6.45, 7) is 2.32. The van der Waals surface area contributed by atoms with Crippen molar-refractivity contribution in [2.75, 3.05) is 0 Å². The Labute approximate surface area is 282 Å². The Bertz CT molecular complexity index is 833. The Morgan fingerprint density at radius 2 is 0.756 bits per heavy atom. The van der Waals surface area contributed by atoms with E-state index in [1.165, 1.54) is 236 Å². The number of carbonyl (C=O) groups excluding carboxylic acids is 1. The Hall–Kier alpha value is -1.11. The first-order valence-electron chi connectivity index (χ1n) is 21.0. The zero-order valence-electron chi connectivity index (χ0n) is 30.4. The van der Waals surface area contributed by atoms with Crippen molar-refractivity contribution in [1.29, 1.82) is 0 Å². The second kappa shape index (κ2) is 25.9. The average Bonchev–Trinajstić information content (AvgIpc) is 3.07. The summed E-state index contributed by atoms with van der Waals surface area (Å²) < 4.78 is 0. The highest BCUT2D eigenvalue weighted by Crippen LogP contribution is 2.40. The number of hydrogen-bond donors (Lipinski definition) is 0. The van der Waals surface area contributed by atoms with Crippen LogP contribution in [-0.4, -0.2) is 6.29 Å². The lowest BCUT2D eigenvalue weighted by Crippen LogP contribution is -2.10. The monoisotopic (exact) mass is 621 g/mol. The van der Waals surface area contributed by atoms with E-state index < -0.39 is 0 Å². The summed E-state index contributed by atoms with van der Waals surface area (Å²) >= 11 is 0. The minimum atomic E-state index is 1.16. The van der Waals surface area contributed by atoms with Crippen molar-refractivity contribution in [3.63, 3.8) is 0 Å². The molecular weight excluding hydrogens is 544 g/mol. The molecule has 0 unspecified atom stereocenters. The number of aldehydes is 1. The van der Waals surface area contributed by atoms with Crippen molar-refractivity contribution >= 4 is 6.29 Å². The lowest BCUT2D eigenvalue weighted by atomic mass is 9.78. The van der Waals surface area contributed by atoms with Crippen LogP contribution in [0, 0.1) is 0 Å². The quantitative estimate of drug-likeness (QED) is 0.120. The number of unbranched alkanes of at least 4 members (excludes halogenated alkanes) is 7. The predicted octanol–water partition coefficient (Wildman–Crippen LogP) is 15.2. The fourth-order valence-corrected chi connectivity index (χ4v) is 8.68. The highest BCUT2D eigenvalue weighted by Gasteiger charge is 2.23. The van der Waals surface area contributed by atoms with E-state index in [1.54, 1.807) is 22.3 Å². The van der Waals surface area contributed by atoms with Gasteiger partial charge in [0.25, 0.3) is 0 Å². The van der Waals surface area contributed by atoms with E-state index in [1.807, 2.05) is 0 Å². The van der Waals surface area contributed by atoms with Crippen LogP contribution in [0.15, 0.2) is 33.4 Å². The van der Waals surface area contributed by atoms with Crippen LogP contribution in [0.25, 0.3) is 0 Å². The fourth-order valence-electron chi connectivity index (χ4n) is 8.68. The molecule has 0 aromatic carbocycles. The van der Waals surface area contributed by atoms with Gasteiger partial charge in [0.15, 0.2) is 6.29 Å². The van der Waals surface area contributed by atoms with Gasteiger partial charge in [-0.05, 0) is 101 Å². The van der Waals surface area contributed by atoms with Crippen LogP contribution in [0.4, 0.5) is 0 Å². The SMILES string of the molecule is CCCCCCCCCCC(=C1CCCCCCCCC1)C(=C1CCCCCCCCC1)C(C=O)=C1CCCCCCCCC1. The molecule has 0 aromatic rings. The zero-order valence-corrected chi connectivity index (χ0v) is 30.4. The van der Waals surface area contributed by atoms with Crippen LogP contribution >= 0.6 is 0 Å². The number of hydrogen-bond acceptors (Lipinski definition) is 1. The third-order valence-electron chi connectivity index (χ3n) is 11.5. The second-order valence-electron chi connectivity index (χ2n) is 15.3. The first kappa shape index (κ1) is 38.3. The van der Waals surface area contributed by atoms with Gasteiger partial charge in [0.1, 0.15) is 0 Å². The van der Waals surface area contributed by atoms with Crippen molar-refractivity contribution in [2.24, 2.45) is 0 Å². The molecule has 0 N–H and O–H groups in total. The molecule has 0 radical (unpaired) electrons. The zero-order chi connectivity index (χ0) is 31.6. The maximum absolute atomic E-state index is 13.5. The van der Waals surface area contributed by atoms with Crippen molar-refractivity contribution < 1.29 is 4.79 Å². The topological polar surface area (TPSA) is 17.1 Å². The normalized spacial score (nSPS) is 20.7. The van der Waals surface area contributed by atoms with Gasteiger partial charge in [0, 0.05) is 5.57 Å². The van der Waals surface area contributed by atoms with Crippen LogP contribution in [0.1, 0.15) is 238 Å². The standard InChI is InChI=1S/C44H76O/c1-2-3-4-5-6-16-23-30-37-42(39-31-24-17-10-7-11-18-25-32-39)44(41-35-28-21-14-9-15-22-29-36-41)43(38-45)40-33-26-19-12-8-13-20-27-34-40/h38H,2-37H2,1H3. The Morgan fingerprint density at radius 3 is 1.16 bits per heavy atom. The molecule has 0 bridgehead atoms. The predicted molar refractivity (Wildman–Crippen MR) is 199 cm³/mol. The molecular formula is C44H76O. The van der Waals surface area contributed by atoms with Crippen LogP contribution < -0.4 is 0 Å². The summed E-state index contributed by atoms with van der Waals surface area (Å²) in [5.74, 6) is 0. The maximum atomic E-state index is 13.5. The summed E-state index contributed by atoms with van der Waals surface area (Å²) in [5, 5.41) is 0. The Kier molecular flexibility index (Phi) is 22.1. The van der Waals surface area contributed by atoms with Crippen molar-refractivity contribution in [1.82, 2.24) is 0 Å². The largest absolute Gasteiger partial charge is 0.298 e. The average molecular weight is 621 g/mol. The molecule has 0 saturated heterocycles. The van der Waals surface area contributed by atoms with Gasteiger partial charge in [-0.1, -0.05) is 165 Å². The molecule has 0 amide bonds. The van der Waals surface area contributed by atoms with Gasteiger partial charge >= 0.3 is 0 Å². The molecule has 0 heterocycles. The third-order valence-corrected chi connectivity index (χ3v) is 11.5. The molecule has 1 heteroatoms. The molecule has 1 nitrogen and oxygen atoms in total. The van der Waals surface area contributed by atoms with E-state index in [4.69, 9.17) is 0 Å². The van der Waals surface area contributed by atoms with E-state index >= 15 is 0 Å². The van der Waals surface area contributed by atoms with Gasteiger partial charge in [-0.3, -0.25) is 4.79 Å². The van der Waals surface area contributed by atoms with Gasteiger partial charge in [0.2, 0.25) is 0 Å². The van der Waals surface area contributed by atoms with E-state index in [2.05, 4.69) is 6.92 Å². The van der Waals surface area contributed by atoms with E-state index in [-0.39, 0.29) is 0 Å². The number of carbonyl (C=O) groups is 1. The first-order valence-corrected chi connectivity index (χ1v) is 21.0. The van der Waals surface area contributed by atoms with Crippen LogP contribution in [0.3, 0.4) is 0 Å². The summed E-state index contributed by atoms with van der Waals surface area (Å²) in [6, 6.07) is 0. The second-order valence-corrected chi connectivity index (χ2v) is 15.3. The lowest BCUT2D eigenvalue weighted by molar-refractivity contribution is -0.104. The molecule has 3 rings (SSSR count). The molecule has 3 fully saturated rings. The third kappa shape index (κ3) is 16.0. The molecule has 3 aliphatic rings. The highest BCUT2D eigenvalue weighted by molar-refractivity contribution is 5.85. The van der Waals surface area contributed by atoms with Crippen LogP contribution in [0.2, 0.25) is 0 Å². The van der Waals surface area contributed by atoms with E-state index in [9.17, 15) is 4.79 Å². The Morgan fingerprint density at radius 1 is 0.422 bits per heavy atom. The van der Waals surface area contributed by atoms with Gasteiger partial charge in [-0.25, -0.2) is 0 Å². The molecule has 45 heavy (non-hydrogen) atoms. The fraction of sp³-hybridized carbons (Fsp3) is 0.841. The van der Waals surface area contributed by atoms with Crippen LogP contribution in [0.5, 0.6) is 0 Å².